The quantitative estimate of drug-likeness (QED) is 0.314. The summed E-state index contributed by atoms with van der Waals surface area (Å²) in [6.07, 6.45) is 2.33. The van der Waals surface area contributed by atoms with Crippen LogP contribution in [0.5, 0.6) is 0 Å². The summed E-state index contributed by atoms with van der Waals surface area (Å²) in [6.45, 7) is 6.14. The second-order valence-corrected chi connectivity index (χ2v) is 11.7. The number of aryl methyl sites for hydroxylation is 1. The molecule has 0 aliphatic carbocycles. The number of anilines is 3. The number of fused-ring (bicyclic) bond motifs is 1. The molecule has 1 unspecified atom stereocenters. The van der Waals surface area contributed by atoms with Crippen LogP contribution in [0.15, 0.2) is 42.6 Å². The van der Waals surface area contributed by atoms with Crippen molar-refractivity contribution in [2.45, 2.75) is 25.9 Å². The monoisotopic (exact) mass is 590 g/mol. The normalized spacial score (nSPS) is 17.6. The molecule has 1 aromatic carbocycles. The molecule has 2 saturated heterocycles. The summed E-state index contributed by atoms with van der Waals surface area (Å²) in [5.41, 5.74) is 3.99. The molecule has 1 amide bonds. The number of piperazine rings is 1. The van der Waals surface area contributed by atoms with Gasteiger partial charge in [0.25, 0.3) is 0 Å². The van der Waals surface area contributed by atoms with Crippen LogP contribution in [-0.2, 0) is 11.2 Å². The van der Waals surface area contributed by atoms with Crippen LogP contribution in [0.3, 0.4) is 0 Å². The highest BCUT2D eigenvalue weighted by Crippen LogP contribution is 2.37. The van der Waals surface area contributed by atoms with Gasteiger partial charge in [0.15, 0.2) is 5.13 Å². The maximum absolute atomic E-state index is 13.5. The van der Waals surface area contributed by atoms with Gasteiger partial charge in [0.1, 0.15) is 40.1 Å². The van der Waals surface area contributed by atoms with E-state index in [1.165, 1.54) is 23.5 Å². The minimum absolute atomic E-state index is 0.00698. The third-order valence-electron chi connectivity index (χ3n) is 8.00. The number of nitriles is 1. The lowest BCUT2D eigenvalue weighted by Crippen LogP contribution is -2.50. The predicted molar refractivity (Wildman–Crippen MR) is 160 cm³/mol. The molecule has 5 heterocycles. The Labute approximate surface area is 247 Å². The number of hydrogen-bond donors (Lipinski definition) is 0. The average Bonchev–Trinajstić information content (AvgIpc) is 3.73. The standard InChI is InChI=1S/C30H32F2N8OS/c1-3-24-29(36(2)30-35-28(25(16-33)42-30)20-4-6-21(31)7-5-20)40-18-23(8-9-26(40)34-24)38-14-12-37(13-15-38)19-27(41)39-11-10-22(32)17-39/h4-9,18,22H,3,10-15,17,19H2,1-2H3. The molecule has 42 heavy (non-hydrogen) atoms. The van der Waals surface area contributed by atoms with Gasteiger partial charge in [0, 0.05) is 51.5 Å². The van der Waals surface area contributed by atoms with E-state index in [4.69, 9.17) is 9.97 Å². The number of carbonyl (C=O) groups excluding carboxylic acids is 1. The van der Waals surface area contributed by atoms with Gasteiger partial charge in [-0.2, -0.15) is 5.26 Å². The van der Waals surface area contributed by atoms with E-state index in [1.807, 2.05) is 18.0 Å². The maximum Gasteiger partial charge on any atom is 0.236 e. The van der Waals surface area contributed by atoms with Crippen LogP contribution in [0.1, 0.15) is 23.9 Å². The fourth-order valence-electron chi connectivity index (χ4n) is 5.67. The molecule has 4 aromatic rings. The van der Waals surface area contributed by atoms with Crippen molar-refractivity contribution in [2.75, 3.05) is 62.7 Å². The number of likely N-dealkylation sites (tertiary alicyclic amines) is 1. The van der Waals surface area contributed by atoms with Gasteiger partial charge in [-0.25, -0.2) is 18.7 Å². The summed E-state index contributed by atoms with van der Waals surface area (Å²) < 4.78 is 29.1. The molecule has 9 nitrogen and oxygen atoms in total. The largest absolute Gasteiger partial charge is 0.368 e. The predicted octanol–water partition coefficient (Wildman–Crippen LogP) is 4.49. The number of amides is 1. The third-order valence-corrected chi connectivity index (χ3v) is 9.04. The second-order valence-electron chi connectivity index (χ2n) is 10.7. The van der Waals surface area contributed by atoms with Crippen LogP contribution < -0.4 is 9.80 Å². The van der Waals surface area contributed by atoms with Crippen LogP contribution in [0.2, 0.25) is 0 Å². The van der Waals surface area contributed by atoms with Crippen molar-refractivity contribution in [1.82, 2.24) is 24.2 Å². The molecule has 2 aliphatic rings. The van der Waals surface area contributed by atoms with E-state index in [0.717, 1.165) is 49.0 Å². The van der Waals surface area contributed by atoms with Gasteiger partial charge in [-0.3, -0.25) is 14.1 Å². The molecule has 6 rings (SSSR count). The van der Waals surface area contributed by atoms with Crippen LogP contribution in [-0.4, -0.2) is 89.1 Å². The molecule has 1 atom stereocenters. The molecule has 0 N–H and O–H groups in total. The highest BCUT2D eigenvalue weighted by atomic mass is 32.1. The Morgan fingerprint density at radius 1 is 1.12 bits per heavy atom. The Kier molecular flexibility index (Phi) is 7.79. The van der Waals surface area contributed by atoms with Crippen molar-refractivity contribution < 1.29 is 13.6 Å². The first kappa shape index (κ1) is 28.1. The molecule has 0 spiro atoms. The molecule has 3 aromatic heterocycles. The van der Waals surface area contributed by atoms with E-state index < -0.39 is 6.17 Å². The van der Waals surface area contributed by atoms with E-state index in [2.05, 4.69) is 39.5 Å². The highest BCUT2D eigenvalue weighted by Gasteiger charge is 2.28. The van der Waals surface area contributed by atoms with Crippen LogP contribution >= 0.6 is 11.3 Å². The maximum atomic E-state index is 13.5. The van der Waals surface area contributed by atoms with Gasteiger partial charge < -0.3 is 14.7 Å². The Morgan fingerprint density at radius 2 is 1.88 bits per heavy atom. The van der Waals surface area contributed by atoms with Crippen molar-refractivity contribution in [3.63, 3.8) is 0 Å². The molecular formula is C30H32F2N8OS. The summed E-state index contributed by atoms with van der Waals surface area (Å²) in [6, 6.07) is 12.3. The SMILES string of the molecule is CCc1nc2ccc(N3CCN(CC(=O)N4CCC(F)C4)CC3)cn2c1N(C)c1nc(-c2ccc(F)cc2)c(C#N)s1. The van der Waals surface area contributed by atoms with E-state index >= 15 is 0 Å². The number of thiazole rings is 1. The van der Waals surface area contributed by atoms with Crippen LogP contribution in [0, 0.1) is 17.1 Å². The summed E-state index contributed by atoms with van der Waals surface area (Å²) in [5.74, 6) is 0.541. The summed E-state index contributed by atoms with van der Waals surface area (Å²) in [7, 11) is 1.92. The number of imidazole rings is 1. The first-order chi connectivity index (χ1) is 20.3. The van der Waals surface area contributed by atoms with Crippen LogP contribution in [0.4, 0.5) is 25.4 Å². The summed E-state index contributed by atoms with van der Waals surface area (Å²) in [5, 5.41) is 10.5. The Hall–Kier alpha value is -4.08. The number of benzene rings is 1. The fourth-order valence-corrected chi connectivity index (χ4v) is 6.52. The number of carbonyl (C=O) groups is 1. The molecule has 218 valence electrons. The number of aromatic nitrogens is 3. The van der Waals surface area contributed by atoms with E-state index in [-0.39, 0.29) is 18.3 Å². The molecule has 2 aliphatic heterocycles. The zero-order valence-corrected chi connectivity index (χ0v) is 24.4. The van der Waals surface area contributed by atoms with E-state index in [0.29, 0.717) is 47.2 Å². The van der Waals surface area contributed by atoms with Crippen molar-refractivity contribution in [3.05, 3.63) is 59.0 Å². The number of nitrogens with zero attached hydrogens (tertiary/aromatic N) is 8. The van der Waals surface area contributed by atoms with Crippen molar-refractivity contribution >= 4 is 39.5 Å². The molecule has 0 radical (unpaired) electrons. The zero-order chi connectivity index (χ0) is 29.4. The second kappa shape index (κ2) is 11.7. The lowest BCUT2D eigenvalue weighted by atomic mass is 10.1. The van der Waals surface area contributed by atoms with Crippen LogP contribution in [0.25, 0.3) is 16.9 Å². The topological polar surface area (TPSA) is 84.0 Å². The van der Waals surface area contributed by atoms with Gasteiger partial charge in [0.2, 0.25) is 5.91 Å². The van der Waals surface area contributed by atoms with E-state index in [1.54, 1.807) is 17.0 Å². The first-order valence-electron chi connectivity index (χ1n) is 14.1. The Morgan fingerprint density at radius 3 is 2.55 bits per heavy atom. The third kappa shape index (κ3) is 5.42. The first-order valence-corrected chi connectivity index (χ1v) is 15.0. The van der Waals surface area contributed by atoms with Crippen molar-refractivity contribution in [1.29, 1.82) is 5.26 Å². The number of rotatable bonds is 7. The van der Waals surface area contributed by atoms with Crippen molar-refractivity contribution in [2.24, 2.45) is 0 Å². The zero-order valence-electron chi connectivity index (χ0n) is 23.6. The minimum atomic E-state index is -0.901. The summed E-state index contributed by atoms with van der Waals surface area (Å²) in [4.78, 5) is 30.7. The van der Waals surface area contributed by atoms with E-state index in [9.17, 15) is 18.8 Å². The average molecular weight is 591 g/mol. The smallest absolute Gasteiger partial charge is 0.236 e. The Bertz CT molecular complexity index is 1640. The molecule has 0 saturated carbocycles. The fraction of sp³-hybridized carbons (Fsp3) is 0.400. The molecule has 2 fully saturated rings. The van der Waals surface area contributed by atoms with Gasteiger partial charge in [-0.1, -0.05) is 18.3 Å². The number of halogens is 2. The molecular weight excluding hydrogens is 558 g/mol. The lowest BCUT2D eigenvalue weighted by molar-refractivity contribution is -0.131. The van der Waals surface area contributed by atoms with Gasteiger partial charge in [-0.15, -0.1) is 0 Å². The van der Waals surface area contributed by atoms with Gasteiger partial charge in [0.05, 0.1) is 24.5 Å². The molecule has 0 bridgehead atoms. The van der Waals surface area contributed by atoms with Gasteiger partial charge >= 0.3 is 0 Å². The minimum Gasteiger partial charge on any atom is -0.368 e. The summed E-state index contributed by atoms with van der Waals surface area (Å²) >= 11 is 1.29. The lowest BCUT2D eigenvalue weighted by Gasteiger charge is -2.36. The Balaban J connectivity index is 1.22. The molecule has 12 heteroatoms. The van der Waals surface area contributed by atoms with Crippen molar-refractivity contribution in [3.8, 4) is 17.3 Å². The number of pyridine rings is 1. The number of alkyl halides is 1. The van der Waals surface area contributed by atoms with Gasteiger partial charge in [-0.05, 0) is 49.2 Å². The number of hydrogen-bond acceptors (Lipinski definition) is 8. The highest BCUT2D eigenvalue weighted by molar-refractivity contribution is 7.16.